The standard InChI is InChI=1S/C64H58BN3O2/c1-39-19-18-20-40(2)59(39)68-52-36-47-46-25-16-17-26-55(46)69-57(47)38-51(52)65-58-53(33-45(34-54(58)68)66(42-21-12-10-13-22-42)43-23-14-11-15-24-43)67(44-29-27-41(28-30-44)62(3,4)5)60-48-35-49-50(37-56(48)70-61(60)65)64(8,9)32-31-63(49,6)7/h10-30,33-38H,31-32H2,1-9H3. The quantitative estimate of drug-likeness (QED) is 0.161. The van der Waals surface area contributed by atoms with Crippen LogP contribution >= 0.6 is 0 Å². The smallest absolute Gasteiger partial charge is 0.297 e. The Morgan fingerprint density at radius 1 is 0.500 bits per heavy atom. The van der Waals surface area contributed by atoms with Crippen LogP contribution in [0, 0.1) is 13.8 Å². The first-order valence-electron chi connectivity index (χ1n) is 25.1. The lowest BCUT2D eigenvalue weighted by atomic mass is 9.35. The van der Waals surface area contributed by atoms with E-state index in [1.54, 1.807) is 0 Å². The summed E-state index contributed by atoms with van der Waals surface area (Å²) in [5.41, 5.74) is 22.5. The van der Waals surface area contributed by atoms with Gasteiger partial charge in [0.15, 0.2) is 0 Å². The molecular formula is C64H58BN3O2. The number of hydrogen-bond donors (Lipinski definition) is 0. The van der Waals surface area contributed by atoms with E-state index in [0.717, 1.165) is 102 Å². The van der Waals surface area contributed by atoms with Crippen LogP contribution in [0.25, 0.3) is 32.9 Å². The molecule has 1 aliphatic carbocycles. The summed E-state index contributed by atoms with van der Waals surface area (Å²) in [6.45, 7) is 20.8. The minimum absolute atomic E-state index is 0.00257. The van der Waals surface area contributed by atoms with Crippen LogP contribution < -0.4 is 31.3 Å². The number of rotatable bonds is 5. The van der Waals surface area contributed by atoms with Crippen molar-refractivity contribution in [3.05, 3.63) is 192 Å². The second-order valence-corrected chi connectivity index (χ2v) is 22.5. The number of benzene rings is 8. The highest BCUT2D eigenvalue weighted by atomic mass is 16.3. The van der Waals surface area contributed by atoms with Gasteiger partial charge in [-0.2, -0.15) is 0 Å². The average molecular weight is 912 g/mol. The predicted octanol–water partition coefficient (Wildman–Crippen LogP) is 16.1. The van der Waals surface area contributed by atoms with Crippen molar-refractivity contribution in [2.75, 3.05) is 14.7 Å². The third-order valence-electron chi connectivity index (χ3n) is 16.1. The molecule has 10 aromatic rings. The zero-order chi connectivity index (χ0) is 48.0. The molecule has 0 unspecified atom stereocenters. The SMILES string of the molecule is Cc1cccc(C)c1N1c2cc3c(cc2B2c4oc5cc6c(cc5c4N(c4ccc(C(C)(C)C)cc4)c4cc(N(c5ccccc5)c5ccccc5)cc1c42)C(C)(C)CCC6(C)C)oc1ccccc13. The molecule has 0 radical (unpaired) electrons. The van der Waals surface area contributed by atoms with Crippen LogP contribution in [-0.4, -0.2) is 6.71 Å². The van der Waals surface area contributed by atoms with Gasteiger partial charge in [0.1, 0.15) is 16.7 Å². The molecule has 6 heteroatoms. The summed E-state index contributed by atoms with van der Waals surface area (Å²) in [4.78, 5) is 7.52. The second-order valence-electron chi connectivity index (χ2n) is 22.5. The van der Waals surface area contributed by atoms with Crippen molar-refractivity contribution in [1.29, 1.82) is 0 Å². The number of furan rings is 2. The van der Waals surface area contributed by atoms with Crippen molar-refractivity contribution in [3.63, 3.8) is 0 Å². The van der Waals surface area contributed by atoms with Crippen molar-refractivity contribution in [2.45, 2.75) is 91.4 Å². The van der Waals surface area contributed by atoms with Crippen molar-refractivity contribution < 1.29 is 8.83 Å². The summed E-state index contributed by atoms with van der Waals surface area (Å²) in [6, 6.07) is 60.6. The molecule has 0 atom stereocenters. The monoisotopic (exact) mass is 911 g/mol. The Hall–Kier alpha value is -7.44. The molecule has 4 heterocycles. The molecule has 0 saturated heterocycles. The van der Waals surface area contributed by atoms with E-state index in [4.69, 9.17) is 8.83 Å². The van der Waals surface area contributed by atoms with Gasteiger partial charge in [0.05, 0.1) is 22.7 Å². The van der Waals surface area contributed by atoms with Crippen molar-refractivity contribution in [2.24, 2.45) is 0 Å². The van der Waals surface area contributed by atoms with Gasteiger partial charge in [-0.15, -0.1) is 0 Å². The third-order valence-corrected chi connectivity index (χ3v) is 16.1. The fraction of sp³-hybridized carbons (Fsp3) is 0.219. The molecule has 70 heavy (non-hydrogen) atoms. The maximum atomic E-state index is 7.63. The number of fused-ring (bicyclic) bond motifs is 10. The third kappa shape index (κ3) is 6.31. The predicted molar refractivity (Wildman–Crippen MR) is 296 cm³/mol. The number of hydrogen-bond acceptors (Lipinski definition) is 5. The highest BCUT2D eigenvalue weighted by Gasteiger charge is 2.49. The summed E-state index contributed by atoms with van der Waals surface area (Å²) in [5, 5.41) is 3.34. The first kappa shape index (κ1) is 42.7. The van der Waals surface area contributed by atoms with Crippen LogP contribution in [0.15, 0.2) is 173 Å². The van der Waals surface area contributed by atoms with Gasteiger partial charge >= 0.3 is 0 Å². The number of anilines is 9. The maximum absolute atomic E-state index is 7.63. The first-order valence-corrected chi connectivity index (χ1v) is 25.1. The van der Waals surface area contributed by atoms with E-state index in [0.29, 0.717) is 0 Å². The lowest BCUT2D eigenvalue weighted by molar-refractivity contribution is 0.332. The molecule has 8 aromatic carbocycles. The van der Waals surface area contributed by atoms with Crippen LogP contribution in [0.1, 0.15) is 89.1 Å². The molecule has 0 spiro atoms. The Morgan fingerprint density at radius 3 is 1.73 bits per heavy atom. The summed E-state index contributed by atoms with van der Waals surface area (Å²) in [7, 11) is 0. The van der Waals surface area contributed by atoms with E-state index in [9.17, 15) is 0 Å². The number of aryl methyl sites for hydroxylation is 2. The van der Waals surface area contributed by atoms with E-state index in [2.05, 4.69) is 241 Å². The summed E-state index contributed by atoms with van der Waals surface area (Å²) < 4.78 is 14.4. The molecule has 0 fully saturated rings. The van der Waals surface area contributed by atoms with E-state index in [1.165, 1.54) is 39.0 Å². The average Bonchev–Trinajstić information content (AvgIpc) is 3.91. The fourth-order valence-electron chi connectivity index (χ4n) is 12.3. The molecular weight excluding hydrogens is 854 g/mol. The highest BCUT2D eigenvalue weighted by Crippen LogP contribution is 2.54. The van der Waals surface area contributed by atoms with Gasteiger partial charge in [0.25, 0.3) is 6.71 Å². The molecule has 2 aliphatic heterocycles. The summed E-state index contributed by atoms with van der Waals surface area (Å²) in [5.74, 6) is 0. The van der Waals surface area contributed by atoms with E-state index in [1.807, 2.05) is 0 Å². The van der Waals surface area contributed by atoms with Gasteiger partial charge in [-0.1, -0.05) is 133 Å². The molecule has 344 valence electrons. The fourth-order valence-corrected chi connectivity index (χ4v) is 12.3. The molecule has 0 N–H and O–H groups in total. The maximum Gasteiger partial charge on any atom is 0.297 e. The molecule has 0 amide bonds. The van der Waals surface area contributed by atoms with Crippen LogP contribution in [0.2, 0.25) is 0 Å². The minimum Gasteiger partial charge on any atom is -0.468 e. The molecule has 0 bridgehead atoms. The van der Waals surface area contributed by atoms with Crippen molar-refractivity contribution in [1.82, 2.24) is 0 Å². The van der Waals surface area contributed by atoms with Gasteiger partial charge in [-0.05, 0) is 161 Å². The Morgan fingerprint density at radius 2 is 1.09 bits per heavy atom. The molecule has 0 saturated carbocycles. The van der Waals surface area contributed by atoms with Gasteiger partial charge in [0.2, 0.25) is 0 Å². The Balaban J connectivity index is 1.21. The molecule has 13 rings (SSSR count). The topological polar surface area (TPSA) is 36.0 Å². The van der Waals surface area contributed by atoms with E-state index in [-0.39, 0.29) is 23.0 Å². The summed E-state index contributed by atoms with van der Waals surface area (Å²) >= 11 is 0. The van der Waals surface area contributed by atoms with Gasteiger partial charge < -0.3 is 23.5 Å². The number of para-hydroxylation sites is 4. The zero-order valence-electron chi connectivity index (χ0n) is 41.7. The minimum atomic E-state index is -0.264. The zero-order valence-corrected chi connectivity index (χ0v) is 41.7. The Labute approximate surface area is 412 Å². The van der Waals surface area contributed by atoms with Crippen molar-refractivity contribution >= 4 is 107 Å². The second kappa shape index (κ2) is 15.0. The lowest BCUT2D eigenvalue weighted by Gasteiger charge is -2.44. The largest absolute Gasteiger partial charge is 0.468 e. The van der Waals surface area contributed by atoms with E-state index < -0.39 is 0 Å². The van der Waals surface area contributed by atoms with Crippen LogP contribution in [0.3, 0.4) is 0 Å². The molecule has 3 aliphatic rings. The van der Waals surface area contributed by atoms with Gasteiger partial charge in [0, 0.05) is 50.3 Å². The summed E-state index contributed by atoms with van der Waals surface area (Å²) in [6.07, 6.45) is 2.25. The van der Waals surface area contributed by atoms with Crippen LogP contribution in [-0.2, 0) is 16.2 Å². The normalized spacial score (nSPS) is 15.5. The van der Waals surface area contributed by atoms with Gasteiger partial charge in [-0.3, -0.25) is 0 Å². The van der Waals surface area contributed by atoms with Crippen LogP contribution in [0.5, 0.6) is 0 Å². The lowest BCUT2D eigenvalue weighted by Crippen LogP contribution is -2.61. The van der Waals surface area contributed by atoms with Crippen LogP contribution in [0.4, 0.5) is 51.2 Å². The van der Waals surface area contributed by atoms with E-state index >= 15 is 0 Å². The molecule has 5 nitrogen and oxygen atoms in total. The Bertz CT molecular complexity index is 3680. The highest BCUT2D eigenvalue weighted by molar-refractivity contribution is 7.00. The van der Waals surface area contributed by atoms with Crippen molar-refractivity contribution in [3.8, 4) is 0 Å². The van der Waals surface area contributed by atoms with Gasteiger partial charge in [-0.25, -0.2) is 0 Å². The number of nitrogens with zero attached hydrogens (tertiary/aromatic N) is 3. The molecule has 2 aromatic heterocycles. The Kier molecular flexibility index (Phi) is 9.16. The first-order chi connectivity index (χ1) is 33.7.